The molecule has 0 unspecified atom stereocenters. The van der Waals surface area contributed by atoms with Gasteiger partial charge in [0, 0.05) is 12.6 Å². The third-order valence-corrected chi connectivity index (χ3v) is 5.46. The van der Waals surface area contributed by atoms with Crippen molar-refractivity contribution in [3.63, 3.8) is 0 Å². The van der Waals surface area contributed by atoms with Crippen LogP contribution in [-0.4, -0.2) is 16.8 Å². The molecular formula is C20H16N2O2S2. The second kappa shape index (κ2) is 6.97. The molecule has 2 aromatic carbocycles. The van der Waals surface area contributed by atoms with Crippen LogP contribution in [-0.2, 0) is 4.79 Å². The fourth-order valence-electron chi connectivity index (χ4n) is 2.93. The highest BCUT2D eigenvalue weighted by Gasteiger charge is 2.33. The van der Waals surface area contributed by atoms with Gasteiger partial charge >= 0.3 is 0 Å². The van der Waals surface area contributed by atoms with Gasteiger partial charge in [0.1, 0.15) is 0 Å². The van der Waals surface area contributed by atoms with Crippen molar-refractivity contribution in [3.8, 4) is 5.75 Å². The van der Waals surface area contributed by atoms with Gasteiger partial charge in [-0.3, -0.25) is 9.69 Å². The highest BCUT2D eigenvalue weighted by atomic mass is 32.2. The first-order valence-electron chi connectivity index (χ1n) is 8.26. The Bertz CT molecular complexity index is 938. The number of carbonyl (C=O) groups excluding carboxylic acids is 1. The Kier molecular flexibility index (Phi) is 4.53. The molecule has 2 heterocycles. The van der Waals surface area contributed by atoms with Crippen LogP contribution in [0.5, 0.6) is 5.75 Å². The van der Waals surface area contributed by atoms with Crippen LogP contribution in [0, 0.1) is 0 Å². The lowest BCUT2D eigenvalue weighted by Crippen LogP contribution is -2.27. The van der Waals surface area contributed by atoms with Crippen LogP contribution in [0.1, 0.15) is 6.92 Å². The number of thiocarbonyl (C=S) groups is 1. The van der Waals surface area contributed by atoms with Crippen molar-refractivity contribution in [2.45, 2.75) is 6.92 Å². The summed E-state index contributed by atoms with van der Waals surface area (Å²) in [6, 6.07) is 17.3. The van der Waals surface area contributed by atoms with Crippen molar-refractivity contribution in [1.29, 1.82) is 0 Å². The summed E-state index contributed by atoms with van der Waals surface area (Å²) in [4.78, 5) is 17.0. The molecule has 6 heteroatoms. The van der Waals surface area contributed by atoms with E-state index in [1.54, 1.807) is 11.0 Å². The Morgan fingerprint density at radius 2 is 1.81 bits per heavy atom. The number of fused-ring (bicyclic) bond motifs is 1. The first-order chi connectivity index (χ1) is 12.7. The molecule has 0 N–H and O–H groups in total. The van der Waals surface area contributed by atoms with Gasteiger partial charge in [-0.05, 0) is 37.3 Å². The molecule has 0 spiro atoms. The average molecular weight is 380 g/mol. The van der Waals surface area contributed by atoms with E-state index < -0.39 is 0 Å². The molecule has 4 nitrogen and oxygen atoms in total. The summed E-state index contributed by atoms with van der Waals surface area (Å²) in [6.45, 7) is 2.84. The lowest BCUT2D eigenvalue weighted by Gasteiger charge is -2.15. The van der Waals surface area contributed by atoms with Gasteiger partial charge in [0.25, 0.3) is 5.91 Å². The molecule has 0 atom stereocenters. The Morgan fingerprint density at radius 1 is 1.08 bits per heavy atom. The van der Waals surface area contributed by atoms with Crippen molar-refractivity contribution >= 4 is 45.6 Å². The van der Waals surface area contributed by atoms with Crippen LogP contribution in [0.15, 0.2) is 77.5 Å². The van der Waals surface area contributed by atoms with E-state index in [2.05, 4.69) is 11.8 Å². The van der Waals surface area contributed by atoms with Crippen molar-refractivity contribution in [3.05, 3.63) is 77.5 Å². The molecule has 0 saturated carbocycles. The summed E-state index contributed by atoms with van der Waals surface area (Å²) < 4.78 is 6.46. The smallest absolute Gasteiger partial charge is 0.270 e. The molecule has 2 aliphatic heterocycles. The van der Waals surface area contributed by atoms with Gasteiger partial charge in [-0.25, -0.2) is 0 Å². The van der Waals surface area contributed by atoms with E-state index in [-0.39, 0.29) is 5.91 Å². The zero-order valence-electron chi connectivity index (χ0n) is 14.1. The molecule has 4 rings (SSSR count). The van der Waals surface area contributed by atoms with Gasteiger partial charge < -0.3 is 9.64 Å². The molecule has 2 aromatic rings. The summed E-state index contributed by atoms with van der Waals surface area (Å²) >= 11 is 6.70. The Morgan fingerprint density at radius 3 is 2.58 bits per heavy atom. The van der Waals surface area contributed by atoms with Crippen molar-refractivity contribution in [1.82, 2.24) is 0 Å². The maximum Gasteiger partial charge on any atom is 0.270 e. The standard InChI is InChI=1S/C20H16N2O2S2/c1-2-21-15-10-6-7-11-16(15)24-18(21)13-12-17-19(23)22(20(25)26-17)14-8-4-3-5-9-14/h3-13H,2H2,1H3. The number of para-hydroxylation sites is 3. The quantitative estimate of drug-likeness (QED) is 0.570. The Hall–Kier alpha value is -2.57. The fraction of sp³-hybridized carbons (Fsp3) is 0.100. The van der Waals surface area contributed by atoms with Gasteiger partial charge in [0.05, 0.1) is 16.3 Å². The second-order valence-corrected chi connectivity index (χ2v) is 7.37. The lowest BCUT2D eigenvalue weighted by atomic mass is 10.3. The summed E-state index contributed by atoms with van der Waals surface area (Å²) in [7, 11) is 0. The monoisotopic (exact) mass is 380 g/mol. The molecule has 0 aromatic heterocycles. The molecule has 0 radical (unpaired) electrons. The molecule has 1 fully saturated rings. The van der Waals surface area contributed by atoms with Crippen molar-refractivity contribution in [2.24, 2.45) is 0 Å². The third-order valence-electron chi connectivity index (χ3n) is 4.14. The van der Waals surface area contributed by atoms with E-state index in [9.17, 15) is 4.79 Å². The van der Waals surface area contributed by atoms with E-state index in [0.717, 1.165) is 23.7 Å². The average Bonchev–Trinajstić information content (AvgIpc) is 3.16. The Labute approximate surface area is 161 Å². The number of carbonyl (C=O) groups is 1. The molecule has 2 aliphatic rings. The summed E-state index contributed by atoms with van der Waals surface area (Å²) in [6.07, 6.45) is 3.62. The topological polar surface area (TPSA) is 32.8 Å². The van der Waals surface area contributed by atoms with Crippen LogP contribution >= 0.6 is 24.0 Å². The molecule has 1 amide bonds. The summed E-state index contributed by atoms with van der Waals surface area (Å²) in [5.74, 6) is 1.42. The number of benzene rings is 2. The zero-order chi connectivity index (χ0) is 18.1. The SMILES string of the molecule is CCN1C(=CC=C2SC(=S)N(c3ccccc3)C2=O)Oc2ccccc21. The van der Waals surface area contributed by atoms with Crippen molar-refractivity contribution < 1.29 is 9.53 Å². The molecular weight excluding hydrogens is 364 g/mol. The minimum atomic E-state index is -0.110. The van der Waals surface area contributed by atoms with Crippen molar-refractivity contribution in [2.75, 3.05) is 16.3 Å². The van der Waals surface area contributed by atoms with Crippen LogP contribution < -0.4 is 14.5 Å². The number of hydrogen-bond donors (Lipinski definition) is 0. The van der Waals surface area contributed by atoms with Gasteiger partial charge in [-0.2, -0.15) is 0 Å². The first kappa shape index (κ1) is 16.9. The van der Waals surface area contributed by atoms with E-state index in [4.69, 9.17) is 17.0 Å². The number of ether oxygens (including phenoxy) is 1. The van der Waals surface area contributed by atoms with Crippen LogP contribution in [0.3, 0.4) is 0 Å². The first-order valence-corrected chi connectivity index (χ1v) is 9.49. The lowest BCUT2D eigenvalue weighted by molar-refractivity contribution is -0.113. The molecule has 26 heavy (non-hydrogen) atoms. The highest BCUT2D eigenvalue weighted by Crippen LogP contribution is 2.39. The maximum absolute atomic E-state index is 12.8. The Balaban J connectivity index is 1.61. The molecule has 0 aliphatic carbocycles. The van der Waals surface area contributed by atoms with E-state index >= 15 is 0 Å². The number of rotatable bonds is 3. The summed E-state index contributed by atoms with van der Waals surface area (Å²) in [5, 5.41) is 0. The normalized spacial score (nSPS) is 19.4. The van der Waals surface area contributed by atoms with Crippen LogP contribution in [0.25, 0.3) is 0 Å². The minimum Gasteiger partial charge on any atom is -0.439 e. The number of anilines is 2. The van der Waals surface area contributed by atoms with Crippen LogP contribution in [0.2, 0.25) is 0 Å². The number of allylic oxidation sites excluding steroid dienone is 2. The number of amides is 1. The predicted molar refractivity (Wildman–Crippen MR) is 110 cm³/mol. The fourth-order valence-corrected chi connectivity index (χ4v) is 4.17. The highest BCUT2D eigenvalue weighted by molar-refractivity contribution is 8.27. The zero-order valence-corrected chi connectivity index (χ0v) is 15.7. The number of thioether (sulfide) groups is 1. The van der Waals surface area contributed by atoms with E-state index in [1.165, 1.54) is 11.8 Å². The van der Waals surface area contributed by atoms with Crippen LogP contribution in [0.4, 0.5) is 11.4 Å². The molecule has 0 bridgehead atoms. The minimum absolute atomic E-state index is 0.110. The second-order valence-electron chi connectivity index (χ2n) is 5.69. The number of nitrogens with zero attached hydrogens (tertiary/aromatic N) is 2. The van der Waals surface area contributed by atoms with E-state index in [1.807, 2.05) is 60.7 Å². The van der Waals surface area contributed by atoms with Gasteiger partial charge in [-0.15, -0.1) is 0 Å². The maximum atomic E-state index is 12.8. The van der Waals surface area contributed by atoms with Gasteiger partial charge in [0.15, 0.2) is 10.1 Å². The summed E-state index contributed by atoms with van der Waals surface area (Å²) in [5.41, 5.74) is 1.82. The third kappa shape index (κ3) is 2.91. The number of hydrogen-bond acceptors (Lipinski definition) is 5. The van der Waals surface area contributed by atoms with E-state index in [0.29, 0.717) is 15.1 Å². The molecule has 130 valence electrons. The van der Waals surface area contributed by atoms with Gasteiger partial charge in [0.2, 0.25) is 5.88 Å². The largest absolute Gasteiger partial charge is 0.439 e. The molecule has 1 saturated heterocycles. The van der Waals surface area contributed by atoms with Gasteiger partial charge in [-0.1, -0.05) is 54.3 Å². The predicted octanol–water partition coefficient (Wildman–Crippen LogP) is 4.70.